The van der Waals surface area contributed by atoms with Crippen LogP contribution < -0.4 is 0 Å². The van der Waals surface area contributed by atoms with Crippen molar-refractivity contribution >= 4 is 63.3 Å². The first kappa shape index (κ1) is 17.0. The number of carbonyl (C=O) groups is 2. The van der Waals surface area contributed by atoms with Crippen molar-refractivity contribution < 1.29 is 19.1 Å². The molecule has 0 spiro atoms. The molecule has 0 N–H and O–H groups in total. The fourth-order valence-electron chi connectivity index (χ4n) is 0.915. The first-order chi connectivity index (χ1) is 6.17. The molecule has 0 saturated carbocycles. The van der Waals surface area contributed by atoms with E-state index < -0.39 is 17.9 Å². The van der Waals surface area contributed by atoms with Crippen LogP contribution in [0, 0.1) is 5.92 Å². The second-order valence-electron chi connectivity index (χ2n) is 2.46. The van der Waals surface area contributed by atoms with Crippen LogP contribution in [0.3, 0.4) is 0 Å². The van der Waals surface area contributed by atoms with Gasteiger partial charge in [-0.25, -0.2) is 0 Å². The molecule has 0 amide bonds. The van der Waals surface area contributed by atoms with Crippen LogP contribution in [-0.2, 0) is 19.1 Å². The summed E-state index contributed by atoms with van der Waals surface area (Å²) in [5.74, 6) is -1.76. The molecule has 0 bridgehead atoms. The van der Waals surface area contributed by atoms with E-state index in [0.717, 1.165) is 0 Å². The van der Waals surface area contributed by atoms with E-state index in [1.165, 1.54) is 0 Å². The van der Waals surface area contributed by atoms with Gasteiger partial charge in [-0.3, -0.25) is 9.59 Å². The third kappa shape index (κ3) is 6.13. The minimum absolute atomic E-state index is 0. The van der Waals surface area contributed by atoms with Crippen molar-refractivity contribution in [2.45, 2.75) is 27.2 Å². The Morgan fingerprint density at radius 3 is 1.57 bits per heavy atom. The van der Waals surface area contributed by atoms with Gasteiger partial charge in [0, 0.05) is 0 Å². The molecule has 78 valence electrons. The Balaban J connectivity index is 0. The van der Waals surface area contributed by atoms with Crippen LogP contribution in [0.15, 0.2) is 0 Å². The topological polar surface area (TPSA) is 52.6 Å². The van der Waals surface area contributed by atoms with Crippen LogP contribution in [0.5, 0.6) is 0 Å². The van der Waals surface area contributed by atoms with Crippen molar-refractivity contribution in [2.24, 2.45) is 5.92 Å². The van der Waals surface area contributed by atoms with Gasteiger partial charge in [-0.05, 0) is 20.3 Å². The molecule has 0 rings (SSSR count). The van der Waals surface area contributed by atoms with Gasteiger partial charge >= 0.3 is 63.3 Å². The molecular formula is C9H17KO4. The molecule has 0 fully saturated rings. The maximum atomic E-state index is 11.2. The summed E-state index contributed by atoms with van der Waals surface area (Å²) in [6, 6.07) is 0. The monoisotopic (exact) mass is 228 g/mol. The van der Waals surface area contributed by atoms with Crippen LogP contribution in [0.1, 0.15) is 27.2 Å². The summed E-state index contributed by atoms with van der Waals surface area (Å²) >= 11 is 0. The van der Waals surface area contributed by atoms with Gasteiger partial charge in [-0.2, -0.15) is 0 Å². The summed E-state index contributed by atoms with van der Waals surface area (Å²) in [5, 5.41) is 0. The molecule has 0 atom stereocenters. The molecular weight excluding hydrogens is 211 g/mol. The Hall–Kier alpha value is 0.576. The van der Waals surface area contributed by atoms with E-state index in [1.54, 1.807) is 20.8 Å². The van der Waals surface area contributed by atoms with Crippen molar-refractivity contribution in [1.29, 1.82) is 0 Å². The Morgan fingerprint density at radius 1 is 1.00 bits per heavy atom. The summed E-state index contributed by atoms with van der Waals surface area (Å²) < 4.78 is 9.45. The summed E-state index contributed by atoms with van der Waals surface area (Å²) in [4.78, 5) is 22.3. The normalized spacial score (nSPS) is 9.14. The average Bonchev–Trinajstić information content (AvgIpc) is 2.06. The van der Waals surface area contributed by atoms with Crippen LogP contribution in [0.25, 0.3) is 0 Å². The van der Waals surface area contributed by atoms with Crippen LogP contribution >= 0.6 is 0 Å². The van der Waals surface area contributed by atoms with Gasteiger partial charge in [-0.1, -0.05) is 6.92 Å². The molecule has 0 unspecified atom stereocenters. The molecule has 14 heavy (non-hydrogen) atoms. The van der Waals surface area contributed by atoms with E-state index in [-0.39, 0.29) is 64.6 Å². The van der Waals surface area contributed by atoms with Gasteiger partial charge < -0.3 is 9.47 Å². The molecule has 0 heterocycles. The van der Waals surface area contributed by atoms with Crippen molar-refractivity contribution in [3.8, 4) is 0 Å². The molecule has 0 aliphatic rings. The maximum absolute atomic E-state index is 11.2. The predicted molar refractivity (Wildman–Crippen MR) is 54.2 cm³/mol. The van der Waals surface area contributed by atoms with Gasteiger partial charge in [0.05, 0.1) is 13.2 Å². The van der Waals surface area contributed by atoms with Gasteiger partial charge in [-0.15, -0.1) is 0 Å². The third-order valence-electron chi connectivity index (χ3n) is 1.55. The molecule has 0 aliphatic carbocycles. The molecule has 5 heteroatoms. The minimum atomic E-state index is -0.764. The van der Waals surface area contributed by atoms with E-state index in [4.69, 9.17) is 9.47 Å². The quantitative estimate of drug-likeness (QED) is 0.390. The average molecular weight is 228 g/mol. The number of carbonyl (C=O) groups excluding carboxylic acids is 2. The van der Waals surface area contributed by atoms with E-state index in [9.17, 15) is 9.59 Å². The van der Waals surface area contributed by atoms with Crippen molar-refractivity contribution in [3.63, 3.8) is 0 Å². The van der Waals surface area contributed by atoms with E-state index in [0.29, 0.717) is 6.42 Å². The Bertz CT molecular complexity index is 164. The molecule has 0 aromatic heterocycles. The molecule has 0 saturated heterocycles. The van der Waals surface area contributed by atoms with E-state index >= 15 is 0 Å². The SMILES string of the molecule is CCOC(=O)C(CC)C(=O)OCC.[KH]. The molecule has 0 aromatic rings. The fraction of sp³-hybridized carbons (Fsp3) is 0.778. The second-order valence-corrected chi connectivity index (χ2v) is 2.46. The summed E-state index contributed by atoms with van der Waals surface area (Å²) in [6.45, 7) is 5.73. The molecule has 4 nitrogen and oxygen atoms in total. The van der Waals surface area contributed by atoms with Gasteiger partial charge in [0.25, 0.3) is 0 Å². The molecule has 0 aromatic carbocycles. The predicted octanol–water partition coefficient (Wildman–Crippen LogP) is 0.490. The van der Waals surface area contributed by atoms with Crippen LogP contribution in [0.2, 0.25) is 0 Å². The summed E-state index contributed by atoms with van der Waals surface area (Å²) in [7, 11) is 0. The number of ether oxygens (including phenoxy) is 2. The second kappa shape index (κ2) is 10.1. The van der Waals surface area contributed by atoms with Gasteiger partial charge in [0.15, 0.2) is 5.92 Å². The van der Waals surface area contributed by atoms with Crippen molar-refractivity contribution in [1.82, 2.24) is 0 Å². The number of hydrogen-bond acceptors (Lipinski definition) is 4. The van der Waals surface area contributed by atoms with E-state index in [1.807, 2.05) is 0 Å². The first-order valence-electron chi connectivity index (χ1n) is 4.50. The fourth-order valence-corrected chi connectivity index (χ4v) is 0.915. The van der Waals surface area contributed by atoms with Crippen LogP contribution in [-0.4, -0.2) is 76.5 Å². The third-order valence-corrected chi connectivity index (χ3v) is 1.55. The van der Waals surface area contributed by atoms with E-state index in [2.05, 4.69) is 0 Å². The van der Waals surface area contributed by atoms with Crippen molar-refractivity contribution in [3.05, 3.63) is 0 Å². The molecule has 0 radical (unpaired) electrons. The Morgan fingerprint density at radius 2 is 1.36 bits per heavy atom. The van der Waals surface area contributed by atoms with Gasteiger partial charge in [0.2, 0.25) is 0 Å². The number of rotatable bonds is 5. The summed E-state index contributed by atoms with van der Waals surface area (Å²) in [6.07, 6.45) is 0.414. The van der Waals surface area contributed by atoms with Gasteiger partial charge in [0.1, 0.15) is 0 Å². The zero-order chi connectivity index (χ0) is 10.3. The Kier molecular flexibility index (Phi) is 12.3. The zero-order valence-electron chi connectivity index (χ0n) is 8.33. The standard InChI is InChI=1S/C9H16O4.K.H/c1-4-7(8(10)12-5-2)9(11)13-6-3;;/h7H,4-6H2,1-3H3;;. The zero-order valence-corrected chi connectivity index (χ0v) is 8.33. The molecule has 0 aliphatic heterocycles. The van der Waals surface area contributed by atoms with Crippen LogP contribution in [0.4, 0.5) is 0 Å². The van der Waals surface area contributed by atoms with Crippen molar-refractivity contribution in [2.75, 3.05) is 13.2 Å². The number of esters is 2. The summed E-state index contributed by atoms with van der Waals surface area (Å²) in [5.41, 5.74) is 0. The first-order valence-corrected chi connectivity index (χ1v) is 4.50. The number of hydrogen-bond donors (Lipinski definition) is 0. The Labute approximate surface area is 127 Å².